The molecule has 0 bridgehead atoms. The molecule has 7 nitrogen and oxygen atoms in total. The fourth-order valence-corrected chi connectivity index (χ4v) is 1.54. The van der Waals surface area contributed by atoms with E-state index in [1.165, 1.54) is 14.0 Å². The smallest absolute Gasteiger partial charge is 0.333 e. The van der Waals surface area contributed by atoms with Gasteiger partial charge in [0.1, 0.15) is 0 Å². The maximum absolute atomic E-state index is 11.7. The normalized spacial score (nSPS) is 12.9. The van der Waals surface area contributed by atoms with Crippen LogP contribution in [0.2, 0.25) is 0 Å². The predicted molar refractivity (Wildman–Crippen MR) is 72.0 cm³/mol. The number of urea groups is 1. The summed E-state index contributed by atoms with van der Waals surface area (Å²) in [5, 5.41) is 16.3. The van der Waals surface area contributed by atoms with Crippen LogP contribution >= 0.6 is 0 Å². The average molecular weight is 279 g/mol. The highest BCUT2D eigenvalue weighted by atomic mass is 16.4. The molecule has 0 aliphatic rings. The zero-order chi connectivity index (χ0) is 15.2. The van der Waals surface area contributed by atoms with Gasteiger partial charge in [0.15, 0.2) is 5.54 Å². The van der Waals surface area contributed by atoms with E-state index in [1.54, 1.807) is 30.3 Å². The van der Waals surface area contributed by atoms with Crippen molar-refractivity contribution in [3.05, 3.63) is 35.9 Å². The summed E-state index contributed by atoms with van der Waals surface area (Å²) in [6.45, 7) is 1.15. The zero-order valence-corrected chi connectivity index (χ0v) is 11.3. The second-order valence-corrected chi connectivity index (χ2v) is 4.28. The Morgan fingerprint density at radius 2 is 1.80 bits per heavy atom. The predicted octanol–water partition coefficient (Wildman–Crippen LogP) is 0.0316. The molecule has 0 aliphatic heterocycles. The first kappa shape index (κ1) is 15.5. The van der Waals surface area contributed by atoms with Crippen molar-refractivity contribution in [2.75, 3.05) is 13.6 Å². The van der Waals surface area contributed by atoms with E-state index < -0.39 is 17.5 Å². The lowest BCUT2D eigenvalue weighted by molar-refractivity contribution is -0.144. The molecule has 0 saturated carbocycles. The van der Waals surface area contributed by atoms with Crippen LogP contribution in [-0.2, 0) is 15.1 Å². The van der Waals surface area contributed by atoms with Gasteiger partial charge >= 0.3 is 12.0 Å². The summed E-state index contributed by atoms with van der Waals surface area (Å²) in [5.41, 5.74) is -1.14. The third kappa shape index (κ3) is 3.71. The Morgan fingerprint density at radius 1 is 1.20 bits per heavy atom. The molecule has 0 spiro atoms. The van der Waals surface area contributed by atoms with E-state index >= 15 is 0 Å². The standard InChI is InChI=1S/C13H17N3O4/c1-13(11(18)19,9-6-4-3-5-7-9)16-12(20)15-8-10(17)14-2/h3-7H,8H2,1-2H3,(H,14,17)(H,18,19)(H2,15,16,20). The van der Waals surface area contributed by atoms with Crippen LogP contribution in [0.1, 0.15) is 12.5 Å². The molecular formula is C13H17N3O4. The van der Waals surface area contributed by atoms with Crippen LogP contribution in [-0.4, -0.2) is 36.6 Å². The fraction of sp³-hybridized carbons (Fsp3) is 0.308. The number of carbonyl (C=O) groups excluding carboxylic acids is 2. The molecule has 0 radical (unpaired) electrons. The van der Waals surface area contributed by atoms with Crippen LogP contribution < -0.4 is 16.0 Å². The van der Waals surface area contributed by atoms with Gasteiger partial charge in [-0.3, -0.25) is 4.79 Å². The van der Waals surface area contributed by atoms with Gasteiger partial charge in [0.2, 0.25) is 5.91 Å². The van der Waals surface area contributed by atoms with Gasteiger partial charge in [-0.15, -0.1) is 0 Å². The maximum Gasteiger partial charge on any atom is 0.333 e. The van der Waals surface area contributed by atoms with E-state index in [9.17, 15) is 19.5 Å². The molecule has 1 aromatic rings. The van der Waals surface area contributed by atoms with Crippen LogP contribution in [0.15, 0.2) is 30.3 Å². The molecule has 1 rings (SSSR count). The number of aliphatic carboxylic acids is 1. The number of nitrogens with one attached hydrogen (secondary N) is 3. The molecule has 108 valence electrons. The van der Waals surface area contributed by atoms with E-state index in [1.807, 2.05) is 0 Å². The second-order valence-electron chi connectivity index (χ2n) is 4.28. The number of benzene rings is 1. The third-order valence-electron chi connectivity index (χ3n) is 2.83. The lowest BCUT2D eigenvalue weighted by Gasteiger charge is -2.26. The van der Waals surface area contributed by atoms with Crippen LogP contribution in [0.3, 0.4) is 0 Å². The van der Waals surface area contributed by atoms with Crippen LogP contribution in [0, 0.1) is 0 Å². The topological polar surface area (TPSA) is 108 Å². The average Bonchev–Trinajstić information content (AvgIpc) is 2.45. The summed E-state index contributed by atoms with van der Waals surface area (Å²) in [4.78, 5) is 34.1. The summed E-state index contributed by atoms with van der Waals surface area (Å²) < 4.78 is 0. The molecule has 20 heavy (non-hydrogen) atoms. The van der Waals surface area contributed by atoms with E-state index in [0.29, 0.717) is 5.56 Å². The highest BCUT2D eigenvalue weighted by molar-refractivity contribution is 5.89. The monoisotopic (exact) mass is 279 g/mol. The zero-order valence-electron chi connectivity index (χ0n) is 11.3. The lowest BCUT2D eigenvalue weighted by atomic mass is 9.92. The van der Waals surface area contributed by atoms with Crippen molar-refractivity contribution >= 4 is 17.9 Å². The SMILES string of the molecule is CNC(=O)CNC(=O)NC(C)(C(=O)O)c1ccccc1. The Balaban J connectivity index is 2.81. The Hall–Kier alpha value is -2.57. The number of carboxylic acids is 1. The highest BCUT2D eigenvalue weighted by Crippen LogP contribution is 2.20. The molecule has 0 heterocycles. The number of carbonyl (C=O) groups is 3. The molecule has 3 amide bonds. The Kier molecular flexibility index (Phi) is 5.08. The van der Waals surface area contributed by atoms with Crippen molar-refractivity contribution in [3.8, 4) is 0 Å². The summed E-state index contributed by atoms with van der Waals surface area (Å²) in [5.74, 6) is -1.57. The van der Waals surface area contributed by atoms with Crippen LogP contribution in [0.25, 0.3) is 0 Å². The molecule has 1 atom stereocenters. The van der Waals surface area contributed by atoms with E-state index in [0.717, 1.165) is 0 Å². The molecule has 0 aliphatic carbocycles. The minimum absolute atomic E-state index is 0.229. The van der Waals surface area contributed by atoms with Gasteiger partial charge in [-0.25, -0.2) is 9.59 Å². The Morgan fingerprint density at radius 3 is 2.30 bits per heavy atom. The van der Waals surface area contributed by atoms with Gasteiger partial charge in [-0.1, -0.05) is 30.3 Å². The molecular weight excluding hydrogens is 262 g/mol. The highest BCUT2D eigenvalue weighted by Gasteiger charge is 2.36. The molecule has 0 fully saturated rings. The van der Waals surface area contributed by atoms with Crippen molar-refractivity contribution in [2.45, 2.75) is 12.5 Å². The van der Waals surface area contributed by atoms with Gasteiger partial charge in [0.25, 0.3) is 0 Å². The fourth-order valence-electron chi connectivity index (χ4n) is 1.54. The number of rotatable bonds is 5. The number of amides is 3. The first-order valence-electron chi connectivity index (χ1n) is 5.95. The largest absolute Gasteiger partial charge is 0.479 e. The van der Waals surface area contributed by atoms with Crippen molar-refractivity contribution in [1.29, 1.82) is 0 Å². The second kappa shape index (κ2) is 6.55. The van der Waals surface area contributed by atoms with E-state index in [4.69, 9.17) is 0 Å². The minimum Gasteiger partial charge on any atom is -0.479 e. The number of carboxylic acid groups (broad SMARTS) is 1. The van der Waals surface area contributed by atoms with Crippen molar-refractivity contribution in [1.82, 2.24) is 16.0 Å². The number of hydrogen-bond acceptors (Lipinski definition) is 3. The number of likely N-dealkylation sites (N-methyl/N-ethyl adjacent to an activating group) is 1. The summed E-state index contributed by atoms with van der Waals surface area (Å²) >= 11 is 0. The van der Waals surface area contributed by atoms with Crippen molar-refractivity contribution in [3.63, 3.8) is 0 Å². The summed E-state index contributed by atoms with van der Waals surface area (Å²) in [6.07, 6.45) is 0. The molecule has 0 saturated heterocycles. The Labute approximate surface area is 116 Å². The molecule has 1 aromatic carbocycles. The van der Waals surface area contributed by atoms with E-state index in [2.05, 4.69) is 16.0 Å². The van der Waals surface area contributed by atoms with Gasteiger partial charge in [0, 0.05) is 7.05 Å². The molecule has 4 N–H and O–H groups in total. The number of hydrogen-bond donors (Lipinski definition) is 4. The summed E-state index contributed by atoms with van der Waals surface area (Å²) in [7, 11) is 1.44. The summed E-state index contributed by atoms with van der Waals surface area (Å²) in [6, 6.07) is 7.58. The van der Waals surface area contributed by atoms with Crippen LogP contribution in [0.4, 0.5) is 4.79 Å². The molecule has 1 unspecified atom stereocenters. The first-order valence-corrected chi connectivity index (χ1v) is 5.95. The van der Waals surface area contributed by atoms with Gasteiger partial charge in [0.05, 0.1) is 6.54 Å². The van der Waals surface area contributed by atoms with Crippen LogP contribution in [0.5, 0.6) is 0 Å². The van der Waals surface area contributed by atoms with Gasteiger partial charge in [-0.2, -0.15) is 0 Å². The Bertz CT molecular complexity index is 504. The van der Waals surface area contributed by atoms with Crippen molar-refractivity contribution in [2.24, 2.45) is 0 Å². The lowest BCUT2D eigenvalue weighted by Crippen LogP contribution is -2.54. The quantitative estimate of drug-likeness (QED) is 0.610. The first-order chi connectivity index (χ1) is 9.40. The third-order valence-corrected chi connectivity index (χ3v) is 2.83. The van der Waals surface area contributed by atoms with Gasteiger partial charge in [-0.05, 0) is 12.5 Å². The molecule has 0 aromatic heterocycles. The van der Waals surface area contributed by atoms with Gasteiger partial charge < -0.3 is 21.1 Å². The molecule has 7 heteroatoms. The maximum atomic E-state index is 11.7. The minimum atomic E-state index is -1.58. The van der Waals surface area contributed by atoms with E-state index in [-0.39, 0.29) is 12.5 Å². The van der Waals surface area contributed by atoms with Crippen molar-refractivity contribution < 1.29 is 19.5 Å².